The summed E-state index contributed by atoms with van der Waals surface area (Å²) in [4.78, 5) is 27.5. The SMILES string of the molecule is CCOC(=O)C(C)NC(=O)c1ncc(-c2cccc(C(F)(F)F)c2)cc1O. The van der Waals surface area contributed by atoms with Crippen LogP contribution in [-0.2, 0) is 15.7 Å². The highest BCUT2D eigenvalue weighted by molar-refractivity contribution is 5.97. The Labute approximate surface area is 153 Å². The number of amides is 1. The zero-order chi connectivity index (χ0) is 20.2. The lowest BCUT2D eigenvalue weighted by molar-refractivity contribution is -0.145. The van der Waals surface area contributed by atoms with Gasteiger partial charge in [-0.25, -0.2) is 9.78 Å². The van der Waals surface area contributed by atoms with E-state index < -0.39 is 35.4 Å². The number of esters is 1. The number of benzene rings is 1. The third kappa shape index (κ3) is 4.96. The maximum absolute atomic E-state index is 12.8. The number of alkyl halides is 3. The van der Waals surface area contributed by atoms with E-state index in [9.17, 15) is 27.9 Å². The summed E-state index contributed by atoms with van der Waals surface area (Å²) in [6, 6.07) is 4.67. The molecular formula is C18H17F3N2O4. The van der Waals surface area contributed by atoms with Gasteiger partial charge in [0, 0.05) is 11.8 Å². The molecule has 0 spiro atoms. The highest BCUT2D eigenvalue weighted by atomic mass is 19.4. The number of carbonyl (C=O) groups excluding carboxylic acids is 2. The van der Waals surface area contributed by atoms with Crippen molar-refractivity contribution in [2.24, 2.45) is 0 Å². The first kappa shape index (κ1) is 20.2. The molecule has 1 atom stereocenters. The second-order valence-corrected chi connectivity index (χ2v) is 5.62. The van der Waals surface area contributed by atoms with Gasteiger partial charge in [0.15, 0.2) is 5.69 Å². The first-order valence-corrected chi connectivity index (χ1v) is 7.97. The van der Waals surface area contributed by atoms with Crippen molar-refractivity contribution in [3.05, 3.63) is 47.8 Å². The van der Waals surface area contributed by atoms with Gasteiger partial charge in [-0.15, -0.1) is 0 Å². The summed E-state index contributed by atoms with van der Waals surface area (Å²) in [5.74, 6) is -1.99. The van der Waals surface area contributed by atoms with Crippen LogP contribution in [0, 0.1) is 0 Å². The molecule has 9 heteroatoms. The average molecular weight is 382 g/mol. The van der Waals surface area contributed by atoms with Crippen LogP contribution in [0.2, 0.25) is 0 Å². The fraction of sp³-hybridized carbons (Fsp3) is 0.278. The topological polar surface area (TPSA) is 88.5 Å². The minimum absolute atomic E-state index is 0.147. The Balaban J connectivity index is 2.23. The van der Waals surface area contributed by atoms with Crippen LogP contribution in [0.15, 0.2) is 36.5 Å². The van der Waals surface area contributed by atoms with E-state index in [1.54, 1.807) is 6.92 Å². The number of pyridine rings is 1. The predicted octanol–water partition coefficient (Wildman–Crippen LogP) is 3.15. The number of halogens is 3. The Morgan fingerprint density at radius 3 is 2.56 bits per heavy atom. The van der Waals surface area contributed by atoms with Crippen LogP contribution in [-0.4, -0.2) is 34.6 Å². The van der Waals surface area contributed by atoms with Crippen molar-refractivity contribution < 1.29 is 32.6 Å². The smallest absolute Gasteiger partial charge is 0.416 e. The number of rotatable bonds is 5. The van der Waals surface area contributed by atoms with Gasteiger partial charge in [0.2, 0.25) is 0 Å². The zero-order valence-electron chi connectivity index (χ0n) is 14.5. The van der Waals surface area contributed by atoms with Crippen LogP contribution < -0.4 is 5.32 Å². The predicted molar refractivity (Wildman–Crippen MR) is 89.9 cm³/mol. The molecule has 0 radical (unpaired) electrons. The maximum atomic E-state index is 12.8. The van der Waals surface area contributed by atoms with E-state index >= 15 is 0 Å². The summed E-state index contributed by atoms with van der Waals surface area (Å²) in [5, 5.41) is 12.4. The molecule has 0 fully saturated rings. The lowest BCUT2D eigenvalue weighted by atomic mass is 10.0. The molecule has 0 aliphatic heterocycles. The molecule has 27 heavy (non-hydrogen) atoms. The molecule has 0 saturated heterocycles. The maximum Gasteiger partial charge on any atom is 0.416 e. The van der Waals surface area contributed by atoms with Crippen LogP contribution >= 0.6 is 0 Å². The minimum atomic E-state index is -4.51. The lowest BCUT2D eigenvalue weighted by Gasteiger charge is -2.13. The molecule has 6 nitrogen and oxygen atoms in total. The van der Waals surface area contributed by atoms with Gasteiger partial charge in [-0.3, -0.25) is 4.79 Å². The van der Waals surface area contributed by atoms with Crippen molar-refractivity contribution in [2.45, 2.75) is 26.1 Å². The molecule has 0 bridgehead atoms. The van der Waals surface area contributed by atoms with Gasteiger partial charge in [-0.05, 0) is 37.6 Å². The van der Waals surface area contributed by atoms with Crippen LogP contribution in [0.3, 0.4) is 0 Å². The largest absolute Gasteiger partial charge is 0.505 e. The molecule has 0 aliphatic carbocycles. The third-order valence-corrected chi connectivity index (χ3v) is 3.59. The fourth-order valence-electron chi connectivity index (χ4n) is 2.25. The Morgan fingerprint density at radius 1 is 1.26 bits per heavy atom. The van der Waals surface area contributed by atoms with Crippen LogP contribution in [0.5, 0.6) is 5.75 Å². The van der Waals surface area contributed by atoms with Crippen molar-refractivity contribution in [3.8, 4) is 16.9 Å². The van der Waals surface area contributed by atoms with E-state index in [-0.39, 0.29) is 23.4 Å². The van der Waals surface area contributed by atoms with E-state index in [1.807, 2.05) is 0 Å². The van der Waals surface area contributed by atoms with Crippen molar-refractivity contribution in [1.82, 2.24) is 10.3 Å². The molecule has 1 aromatic heterocycles. The van der Waals surface area contributed by atoms with Gasteiger partial charge in [-0.1, -0.05) is 12.1 Å². The molecule has 1 heterocycles. The van der Waals surface area contributed by atoms with Crippen LogP contribution in [0.25, 0.3) is 11.1 Å². The number of aromatic hydroxyl groups is 1. The Kier molecular flexibility index (Phi) is 6.04. The first-order chi connectivity index (χ1) is 12.6. The van der Waals surface area contributed by atoms with E-state index in [0.29, 0.717) is 0 Å². The molecule has 1 unspecified atom stereocenters. The van der Waals surface area contributed by atoms with Crippen molar-refractivity contribution in [2.75, 3.05) is 6.61 Å². The summed E-state index contributed by atoms with van der Waals surface area (Å²) < 4.78 is 43.2. The molecule has 0 aliphatic rings. The number of hydrogen-bond acceptors (Lipinski definition) is 5. The summed E-state index contributed by atoms with van der Waals surface area (Å²) in [5.41, 5.74) is -0.820. The number of aromatic nitrogens is 1. The molecular weight excluding hydrogens is 365 g/mol. The number of hydrogen-bond donors (Lipinski definition) is 2. The number of carbonyl (C=O) groups is 2. The highest BCUT2D eigenvalue weighted by Crippen LogP contribution is 2.33. The second kappa shape index (κ2) is 8.07. The van der Waals surface area contributed by atoms with Gasteiger partial charge in [0.25, 0.3) is 5.91 Å². The molecule has 0 saturated carbocycles. The molecule has 1 amide bonds. The van der Waals surface area contributed by atoms with E-state index in [1.165, 1.54) is 25.3 Å². The highest BCUT2D eigenvalue weighted by Gasteiger charge is 2.30. The minimum Gasteiger partial charge on any atom is -0.505 e. The summed E-state index contributed by atoms with van der Waals surface area (Å²) >= 11 is 0. The van der Waals surface area contributed by atoms with Crippen molar-refractivity contribution >= 4 is 11.9 Å². The quantitative estimate of drug-likeness (QED) is 0.776. The average Bonchev–Trinajstić information content (AvgIpc) is 2.61. The van der Waals surface area contributed by atoms with Gasteiger partial charge < -0.3 is 15.2 Å². The van der Waals surface area contributed by atoms with E-state index in [2.05, 4.69) is 10.3 Å². The van der Waals surface area contributed by atoms with Gasteiger partial charge in [0.1, 0.15) is 11.8 Å². The first-order valence-electron chi connectivity index (χ1n) is 7.97. The van der Waals surface area contributed by atoms with Crippen LogP contribution in [0.1, 0.15) is 29.9 Å². The van der Waals surface area contributed by atoms with E-state index in [0.717, 1.165) is 18.2 Å². The zero-order valence-corrected chi connectivity index (χ0v) is 14.5. The van der Waals surface area contributed by atoms with Crippen molar-refractivity contribution in [3.63, 3.8) is 0 Å². The Morgan fingerprint density at radius 2 is 1.96 bits per heavy atom. The Hall–Kier alpha value is -3.10. The molecule has 144 valence electrons. The molecule has 2 N–H and O–H groups in total. The summed E-state index contributed by atoms with van der Waals surface area (Å²) in [6.07, 6.45) is -3.34. The van der Waals surface area contributed by atoms with E-state index in [4.69, 9.17) is 4.74 Å². The number of nitrogens with one attached hydrogen (secondary N) is 1. The monoisotopic (exact) mass is 382 g/mol. The van der Waals surface area contributed by atoms with Crippen LogP contribution in [0.4, 0.5) is 13.2 Å². The Bertz CT molecular complexity index is 853. The third-order valence-electron chi connectivity index (χ3n) is 3.59. The lowest BCUT2D eigenvalue weighted by Crippen LogP contribution is -2.39. The number of ether oxygens (including phenoxy) is 1. The molecule has 1 aromatic carbocycles. The second-order valence-electron chi connectivity index (χ2n) is 5.62. The molecule has 2 rings (SSSR count). The molecule has 2 aromatic rings. The number of nitrogens with zero attached hydrogens (tertiary/aromatic N) is 1. The summed E-state index contributed by atoms with van der Waals surface area (Å²) in [6.45, 7) is 3.17. The normalized spacial score (nSPS) is 12.3. The standard InChI is InChI=1S/C18H17F3N2O4/c1-3-27-17(26)10(2)23-16(25)15-14(24)8-12(9-22-15)11-5-4-6-13(7-11)18(19,20)21/h4-10,24H,3H2,1-2H3,(H,23,25). The van der Waals surface area contributed by atoms with Crippen molar-refractivity contribution in [1.29, 1.82) is 0 Å². The summed E-state index contributed by atoms with van der Waals surface area (Å²) in [7, 11) is 0. The van der Waals surface area contributed by atoms with Gasteiger partial charge in [-0.2, -0.15) is 13.2 Å². The fourth-order valence-corrected chi connectivity index (χ4v) is 2.25. The van der Waals surface area contributed by atoms with Gasteiger partial charge >= 0.3 is 12.1 Å². The van der Waals surface area contributed by atoms with Gasteiger partial charge in [0.05, 0.1) is 12.2 Å².